The Morgan fingerprint density at radius 2 is 2.17 bits per heavy atom. The van der Waals surface area contributed by atoms with E-state index in [9.17, 15) is 18.3 Å². The smallest absolute Gasteiger partial charge is 0.251 e. The number of hydrogen-bond acceptors (Lipinski definition) is 4. The average molecular weight is 269 g/mol. The minimum Gasteiger partial charge on any atom is -0.508 e. The number of sulfone groups is 1. The molecule has 0 saturated carbocycles. The molecule has 1 aromatic carbocycles. The lowest BCUT2D eigenvalue weighted by atomic mass is 10.1. The highest BCUT2D eigenvalue weighted by atomic mass is 32.2. The number of benzene rings is 1. The second kappa shape index (κ2) is 4.61. The van der Waals surface area contributed by atoms with Crippen molar-refractivity contribution in [2.24, 2.45) is 0 Å². The summed E-state index contributed by atoms with van der Waals surface area (Å²) in [4.78, 5) is 12.0. The van der Waals surface area contributed by atoms with Gasteiger partial charge >= 0.3 is 0 Å². The number of phenols is 1. The summed E-state index contributed by atoms with van der Waals surface area (Å²) in [5.41, 5.74) is 1.12. The van der Waals surface area contributed by atoms with Crippen LogP contribution >= 0.6 is 0 Å². The fourth-order valence-electron chi connectivity index (χ4n) is 2.07. The van der Waals surface area contributed by atoms with Gasteiger partial charge in [0.1, 0.15) is 5.75 Å². The minimum atomic E-state index is -2.99. The topological polar surface area (TPSA) is 83.5 Å². The van der Waals surface area contributed by atoms with Gasteiger partial charge < -0.3 is 10.4 Å². The van der Waals surface area contributed by atoms with E-state index in [0.29, 0.717) is 17.5 Å². The van der Waals surface area contributed by atoms with Gasteiger partial charge in [-0.1, -0.05) is 0 Å². The predicted octanol–water partition coefficient (Wildman–Crippen LogP) is 0.618. The van der Waals surface area contributed by atoms with Crippen molar-refractivity contribution in [1.29, 1.82) is 0 Å². The van der Waals surface area contributed by atoms with Crippen LogP contribution in [0.5, 0.6) is 5.75 Å². The number of phenolic OH excluding ortho intramolecular Hbond substituents is 1. The first-order valence-electron chi connectivity index (χ1n) is 5.68. The number of aromatic hydroxyl groups is 1. The number of carbonyl (C=O) groups is 1. The Balaban J connectivity index is 2.09. The largest absolute Gasteiger partial charge is 0.508 e. The van der Waals surface area contributed by atoms with Crippen LogP contribution in [0.1, 0.15) is 22.3 Å². The number of aryl methyl sites for hydroxylation is 1. The quantitative estimate of drug-likeness (QED) is 0.824. The summed E-state index contributed by atoms with van der Waals surface area (Å²) in [6.07, 6.45) is 0.463. The van der Waals surface area contributed by atoms with E-state index in [1.165, 1.54) is 18.2 Å². The van der Waals surface area contributed by atoms with Gasteiger partial charge in [0.05, 0.1) is 11.5 Å². The normalized spacial score (nSPS) is 21.7. The molecule has 1 saturated heterocycles. The van der Waals surface area contributed by atoms with Crippen molar-refractivity contribution in [3.63, 3.8) is 0 Å². The second-order valence-electron chi connectivity index (χ2n) is 4.57. The highest BCUT2D eigenvalue weighted by Gasteiger charge is 2.29. The van der Waals surface area contributed by atoms with Crippen LogP contribution in [0, 0.1) is 6.92 Å². The average Bonchev–Trinajstić information content (AvgIpc) is 2.57. The Hall–Kier alpha value is -1.56. The summed E-state index contributed by atoms with van der Waals surface area (Å²) >= 11 is 0. The van der Waals surface area contributed by atoms with Gasteiger partial charge in [0.15, 0.2) is 9.84 Å². The number of hydrogen-bond donors (Lipinski definition) is 2. The molecule has 1 fully saturated rings. The van der Waals surface area contributed by atoms with Crippen LogP contribution in [-0.4, -0.2) is 37.0 Å². The zero-order valence-electron chi connectivity index (χ0n) is 10.0. The molecular weight excluding hydrogens is 254 g/mol. The molecule has 5 nitrogen and oxygen atoms in total. The Morgan fingerprint density at radius 1 is 1.44 bits per heavy atom. The maximum absolute atomic E-state index is 12.0. The monoisotopic (exact) mass is 269 g/mol. The molecule has 0 bridgehead atoms. The van der Waals surface area contributed by atoms with Gasteiger partial charge in [-0.05, 0) is 37.1 Å². The molecule has 1 heterocycles. The molecule has 0 aliphatic carbocycles. The van der Waals surface area contributed by atoms with E-state index in [1.54, 1.807) is 6.92 Å². The van der Waals surface area contributed by atoms with Crippen LogP contribution in [0.4, 0.5) is 0 Å². The molecule has 1 unspecified atom stereocenters. The van der Waals surface area contributed by atoms with Crippen molar-refractivity contribution in [3.8, 4) is 5.75 Å². The molecule has 0 spiro atoms. The van der Waals surface area contributed by atoms with Gasteiger partial charge in [0.25, 0.3) is 5.91 Å². The summed E-state index contributed by atoms with van der Waals surface area (Å²) in [7, 11) is -2.99. The lowest BCUT2D eigenvalue weighted by Gasteiger charge is -2.12. The van der Waals surface area contributed by atoms with E-state index < -0.39 is 9.84 Å². The fourth-order valence-corrected chi connectivity index (χ4v) is 3.75. The molecule has 1 aliphatic heterocycles. The summed E-state index contributed by atoms with van der Waals surface area (Å²) in [6.45, 7) is 1.72. The standard InChI is InChI=1S/C12H15NO4S/c1-8-6-10(14)2-3-11(8)12(15)13-9-4-5-18(16,17)7-9/h2-3,6,9,14H,4-5,7H2,1H3,(H,13,15). The highest BCUT2D eigenvalue weighted by Crippen LogP contribution is 2.17. The van der Waals surface area contributed by atoms with Gasteiger partial charge in [0, 0.05) is 11.6 Å². The van der Waals surface area contributed by atoms with Gasteiger partial charge in [0.2, 0.25) is 0 Å². The zero-order valence-corrected chi connectivity index (χ0v) is 10.8. The van der Waals surface area contributed by atoms with Crippen LogP contribution in [0.2, 0.25) is 0 Å². The first-order chi connectivity index (χ1) is 8.37. The molecule has 2 rings (SSSR count). The van der Waals surface area contributed by atoms with Gasteiger partial charge in [-0.25, -0.2) is 8.42 Å². The molecule has 1 aromatic rings. The van der Waals surface area contributed by atoms with Crippen LogP contribution in [0.15, 0.2) is 18.2 Å². The van der Waals surface area contributed by atoms with Gasteiger partial charge in [-0.15, -0.1) is 0 Å². The van der Waals surface area contributed by atoms with Gasteiger partial charge in [-0.2, -0.15) is 0 Å². The number of rotatable bonds is 2. The third kappa shape index (κ3) is 2.81. The molecule has 2 N–H and O–H groups in total. The van der Waals surface area contributed by atoms with Crippen LogP contribution in [0.25, 0.3) is 0 Å². The molecule has 0 aromatic heterocycles. The third-order valence-electron chi connectivity index (χ3n) is 3.02. The predicted molar refractivity (Wildman–Crippen MR) is 67.4 cm³/mol. The van der Waals surface area contributed by atoms with Crippen molar-refractivity contribution in [1.82, 2.24) is 5.32 Å². The van der Waals surface area contributed by atoms with E-state index in [1.807, 2.05) is 0 Å². The molecule has 1 amide bonds. The SMILES string of the molecule is Cc1cc(O)ccc1C(=O)NC1CCS(=O)(=O)C1. The van der Waals surface area contributed by atoms with Crippen molar-refractivity contribution in [3.05, 3.63) is 29.3 Å². The van der Waals surface area contributed by atoms with Crippen molar-refractivity contribution in [2.45, 2.75) is 19.4 Å². The van der Waals surface area contributed by atoms with E-state index in [-0.39, 0.29) is 29.2 Å². The van der Waals surface area contributed by atoms with Crippen LogP contribution < -0.4 is 5.32 Å². The van der Waals surface area contributed by atoms with E-state index in [0.717, 1.165) is 0 Å². The molecule has 6 heteroatoms. The fraction of sp³-hybridized carbons (Fsp3) is 0.417. The Labute approximate surface area is 106 Å². The van der Waals surface area contributed by atoms with Crippen LogP contribution in [0.3, 0.4) is 0 Å². The number of carbonyl (C=O) groups excluding carboxylic acids is 1. The maximum atomic E-state index is 12.0. The van der Waals surface area contributed by atoms with Crippen molar-refractivity contribution in [2.75, 3.05) is 11.5 Å². The number of nitrogens with one attached hydrogen (secondary N) is 1. The van der Waals surface area contributed by atoms with Crippen molar-refractivity contribution < 1.29 is 18.3 Å². The molecule has 1 aliphatic rings. The molecule has 18 heavy (non-hydrogen) atoms. The lowest BCUT2D eigenvalue weighted by Crippen LogP contribution is -2.35. The van der Waals surface area contributed by atoms with E-state index in [2.05, 4.69) is 5.32 Å². The lowest BCUT2D eigenvalue weighted by molar-refractivity contribution is 0.0940. The summed E-state index contributed by atoms with van der Waals surface area (Å²) < 4.78 is 22.6. The summed E-state index contributed by atoms with van der Waals surface area (Å²) in [6, 6.07) is 4.16. The third-order valence-corrected chi connectivity index (χ3v) is 4.79. The number of amides is 1. The second-order valence-corrected chi connectivity index (χ2v) is 6.80. The summed E-state index contributed by atoms with van der Waals surface area (Å²) in [5, 5.41) is 12.0. The van der Waals surface area contributed by atoms with Gasteiger partial charge in [-0.3, -0.25) is 4.79 Å². The van der Waals surface area contributed by atoms with E-state index in [4.69, 9.17) is 0 Å². The maximum Gasteiger partial charge on any atom is 0.251 e. The zero-order chi connectivity index (χ0) is 13.3. The molecular formula is C12H15NO4S. The molecule has 1 atom stereocenters. The Kier molecular flexibility index (Phi) is 3.30. The molecule has 98 valence electrons. The molecule has 0 radical (unpaired) electrons. The van der Waals surface area contributed by atoms with Crippen LogP contribution in [-0.2, 0) is 9.84 Å². The van der Waals surface area contributed by atoms with Crippen molar-refractivity contribution >= 4 is 15.7 Å². The highest BCUT2D eigenvalue weighted by molar-refractivity contribution is 7.91. The Morgan fingerprint density at radius 3 is 2.72 bits per heavy atom. The first-order valence-corrected chi connectivity index (χ1v) is 7.50. The Bertz CT molecular complexity index is 580. The minimum absolute atomic E-state index is 0.00979. The first kappa shape index (κ1) is 12.9. The summed E-state index contributed by atoms with van der Waals surface area (Å²) in [5.74, 6) is -0.0513. The van der Waals surface area contributed by atoms with E-state index >= 15 is 0 Å².